The molecule has 5 aromatic carbocycles. The SMILES string of the molecule is Cc1cccc(N(/N=C/c2ccc(C=C(c3ccc(C(C)C)cc3)c3ccc(C(C)C)cc3)cc2)c2cccc(C)c2)c1. The normalized spacial score (nSPS) is 11.3. The maximum Gasteiger partial charge on any atom is 0.0655 e. The van der Waals surface area contributed by atoms with E-state index in [0.29, 0.717) is 11.8 Å². The van der Waals surface area contributed by atoms with Crippen LogP contribution in [0.2, 0.25) is 0 Å². The Kier molecular flexibility index (Phi) is 9.37. The van der Waals surface area contributed by atoms with Crippen LogP contribution in [-0.4, -0.2) is 6.21 Å². The zero-order valence-electron chi connectivity index (χ0n) is 26.3. The highest BCUT2D eigenvalue weighted by Crippen LogP contribution is 2.30. The highest BCUT2D eigenvalue weighted by molar-refractivity contribution is 5.92. The second-order valence-electron chi connectivity index (χ2n) is 12.0. The van der Waals surface area contributed by atoms with E-state index in [4.69, 9.17) is 5.10 Å². The van der Waals surface area contributed by atoms with E-state index in [0.717, 1.165) is 22.5 Å². The number of rotatable bonds is 9. The molecule has 0 aromatic heterocycles. The fourth-order valence-corrected chi connectivity index (χ4v) is 5.20. The quantitative estimate of drug-likeness (QED) is 0.0991. The van der Waals surface area contributed by atoms with Gasteiger partial charge in [0.2, 0.25) is 0 Å². The molecule has 0 saturated heterocycles. The standard InChI is InChI=1S/C41H42N2/c1-29(2)35-17-21-37(22-18-35)41(38-23-19-36(20-24-38)30(3)4)27-33-13-15-34(16-14-33)28-42-43(39-11-7-9-31(5)25-39)40-12-8-10-32(6)26-40/h7-30H,1-6H3/b42-28+. The molecule has 0 spiro atoms. The molecule has 5 aromatic rings. The molecule has 0 heterocycles. The van der Waals surface area contributed by atoms with Gasteiger partial charge in [0.1, 0.15) is 0 Å². The van der Waals surface area contributed by atoms with E-state index >= 15 is 0 Å². The second-order valence-corrected chi connectivity index (χ2v) is 12.0. The van der Waals surface area contributed by atoms with E-state index in [1.807, 2.05) is 11.2 Å². The minimum atomic E-state index is 0.508. The first-order valence-corrected chi connectivity index (χ1v) is 15.3. The lowest BCUT2D eigenvalue weighted by molar-refractivity contribution is 0.866. The Morgan fingerprint density at radius 2 is 1.00 bits per heavy atom. The summed E-state index contributed by atoms with van der Waals surface area (Å²) in [6.45, 7) is 13.2. The van der Waals surface area contributed by atoms with Crippen molar-refractivity contribution in [3.05, 3.63) is 166 Å². The van der Waals surface area contributed by atoms with Crippen molar-refractivity contribution in [3.8, 4) is 0 Å². The first kappa shape index (κ1) is 29.8. The van der Waals surface area contributed by atoms with Gasteiger partial charge in [0.05, 0.1) is 17.6 Å². The zero-order chi connectivity index (χ0) is 30.3. The van der Waals surface area contributed by atoms with Gasteiger partial charge in [0.15, 0.2) is 0 Å². The third-order valence-corrected chi connectivity index (χ3v) is 7.84. The Hall–Kier alpha value is -4.69. The summed E-state index contributed by atoms with van der Waals surface area (Å²) in [4.78, 5) is 0. The van der Waals surface area contributed by atoms with E-state index in [9.17, 15) is 0 Å². The molecule has 0 bridgehead atoms. The largest absolute Gasteiger partial charge is 0.234 e. The molecular weight excluding hydrogens is 520 g/mol. The number of anilines is 2. The molecule has 5 rings (SSSR count). The average molecular weight is 563 g/mol. The Bertz CT molecular complexity index is 1600. The van der Waals surface area contributed by atoms with Gasteiger partial charge in [-0.3, -0.25) is 0 Å². The number of nitrogens with zero attached hydrogens (tertiary/aromatic N) is 2. The lowest BCUT2D eigenvalue weighted by atomic mass is 9.91. The van der Waals surface area contributed by atoms with Crippen molar-refractivity contribution in [2.45, 2.75) is 53.4 Å². The predicted octanol–water partition coefficient (Wildman–Crippen LogP) is 11.3. The molecule has 0 aliphatic heterocycles. The van der Waals surface area contributed by atoms with Gasteiger partial charge in [-0.1, -0.05) is 125 Å². The summed E-state index contributed by atoms with van der Waals surface area (Å²) in [5, 5.41) is 6.95. The monoisotopic (exact) mass is 562 g/mol. The van der Waals surface area contributed by atoms with Crippen LogP contribution in [0.4, 0.5) is 11.4 Å². The highest BCUT2D eigenvalue weighted by atomic mass is 15.5. The van der Waals surface area contributed by atoms with E-state index in [-0.39, 0.29) is 0 Å². The molecule has 0 fully saturated rings. The number of hydrazone groups is 1. The Morgan fingerprint density at radius 1 is 0.558 bits per heavy atom. The van der Waals surface area contributed by atoms with E-state index in [2.05, 4.69) is 169 Å². The number of benzene rings is 5. The number of hydrogen-bond acceptors (Lipinski definition) is 2. The molecule has 216 valence electrons. The first-order valence-electron chi connectivity index (χ1n) is 15.3. The molecular formula is C41H42N2. The maximum atomic E-state index is 4.94. The third kappa shape index (κ3) is 7.59. The first-order chi connectivity index (χ1) is 20.8. The van der Waals surface area contributed by atoms with Gasteiger partial charge in [-0.05, 0) is 106 Å². The van der Waals surface area contributed by atoms with Crippen LogP contribution < -0.4 is 5.01 Å². The molecule has 0 radical (unpaired) electrons. The summed E-state index contributed by atoms with van der Waals surface area (Å²) in [6.07, 6.45) is 4.23. The molecule has 0 atom stereocenters. The van der Waals surface area contributed by atoms with Crippen LogP contribution in [0.25, 0.3) is 11.6 Å². The van der Waals surface area contributed by atoms with Crippen molar-refractivity contribution in [1.82, 2.24) is 0 Å². The van der Waals surface area contributed by atoms with Gasteiger partial charge in [-0.2, -0.15) is 5.10 Å². The number of aryl methyl sites for hydroxylation is 2. The van der Waals surface area contributed by atoms with Crippen molar-refractivity contribution in [3.63, 3.8) is 0 Å². The van der Waals surface area contributed by atoms with Crippen molar-refractivity contribution in [1.29, 1.82) is 0 Å². The van der Waals surface area contributed by atoms with Gasteiger partial charge < -0.3 is 0 Å². The Balaban J connectivity index is 1.46. The van der Waals surface area contributed by atoms with E-state index < -0.39 is 0 Å². The van der Waals surface area contributed by atoms with Crippen LogP contribution in [0.1, 0.15) is 84.0 Å². The van der Waals surface area contributed by atoms with Crippen molar-refractivity contribution >= 4 is 29.2 Å². The van der Waals surface area contributed by atoms with E-state index in [1.54, 1.807) is 0 Å². The minimum absolute atomic E-state index is 0.508. The summed E-state index contributed by atoms with van der Waals surface area (Å²) in [6, 6.07) is 43.6. The van der Waals surface area contributed by atoms with Crippen LogP contribution in [0.3, 0.4) is 0 Å². The van der Waals surface area contributed by atoms with Gasteiger partial charge in [0, 0.05) is 0 Å². The molecule has 0 aliphatic rings. The zero-order valence-corrected chi connectivity index (χ0v) is 26.3. The Morgan fingerprint density at radius 3 is 1.42 bits per heavy atom. The fraction of sp³-hybridized carbons (Fsp3) is 0.195. The van der Waals surface area contributed by atoms with Crippen molar-refractivity contribution < 1.29 is 0 Å². The van der Waals surface area contributed by atoms with Crippen LogP contribution >= 0.6 is 0 Å². The summed E-state index contributed by atoms with van der Waals surface area (Å²) >= 11 is 0. The summed E-state index contributed by atoms with van der Waals surface area (Å²) in [5.41, 5.74) is 13.1. The van der Waals surface area contributed by atoms with Gasteiger partial charge >= 0.3 is 0 Å². The van der Waals surface area contributed by atoms with Gasteiger partial charge in [-0.25, -0.2) is 5.01 Å². The topological polar surface area (TPSA) is 15.6 Å². The highest BCUT2D eigenvalue weighted by Gasteiger charge is 2.10. The molecule has 0 unspecified atom stereocenters. The van der Waals surface area contributed by atoms with Crippen molar-refractivity contribution in [2.75, 3.05) is 5.01 Å². The summed E-state index contributed by atoms with van der Waals surface area (Å²) in [5.74, 6) is 1.02. The third-order valence-electron chi connectivity index (χ3n) is 7.84. The molecule has 2 nitrogen and oxygen atoms in total. The van der Waals surface area contributed by atoms with E-state index in [1.165, 1.54) is 39.0 Å². The number of hydrogen-bond donors (Lipinski definition) is 0. The predicted molar refractivity (Wildman–Crippen MR) is 187 cm³/mol. The molecule has 2 heteroatoms. The average Bonchev–Trinajstić information content (AvgIpc) is 3.01. The summed E-state index contributed by atoms with van der Waals surface area (Å²) < 4.78 is 0. The second kappa shape index (κ2) is 13.5. The molecule has 0 aliphatic carbocycles. The molecule has 0 amide bonds. The Labute approximate surface area is 258 Å². The van der Waals surface area contributed by atoms with Gasteiger partial charge in [-0.15, -0.1) is 0 Å². The van der Waals surface area contributed by atoms with Crippen LogP contribution in [0.5, 0.6) is 0 Å². The molecule has 0 saturated carbocycles. The fourth-order valence-electron chi connectivity index (χ4n) is 5.20. The lowest BCUT2D eigenvalue weighted by Gasteiger charge is -2.20. The van der Waals surface area contributed by atoms with Crippen LogP contribution in [-0.2, 0) is 0 Å². The van der Waals surface area contributed by atoms with Crippen LogP contribution in [0, 0.1) is 13.8 Å². The van der Waals surface area contributed by atoms with Crippen molar-refractivity contribution in [2.24, 2.45) is 5.10 Å². The molecule has 0 N–H and O–H groups in total. The lowest BCUT2D eigenvalue weighted by Crippen LogP contribution is -2.09. The maximum absolute atomic E-state index is 4.94. The minimum Gasteiger partial charge on any atom is -0.234 e. The summed E-state index contributed by atoms with van der Waals surface area (Å²) in [7, 11) is 0. The smallest absolute Gasteiger partial charge is 0.0655 e. The van der Waals surface area contributed by atoms with Crippen LogP contribution in [0.15, 0.2) is 126 Å². The van der Waals surface area contributed by atoms with Gasteiger partial charge in [0.25, 0.3) is 0 Å². The molecule has 43 heavy (non-hydrogen) atoms.